The van der Waals surface area contributed by atoms with E-state index in [0.29, 0.717) is 21.7 Å². The molecule has 24 heavy (non-hydrogen) atoms. The molecule has 0 spiro atoms. The van der Waals surface area contributed by atoms with Crippen LogP contribution in [0.25, 0.3) is 6.08 Å². The van der Waals surface area contributed by atoms with Gasteiger partial charge in [0, 0.05) is 24.9 Å². The van der Waals surface area contributed by atoms with Gasteiger partial charge in [0.25, 0.3) is 0 Å². The van der Waals surface area contributed by atoms with Gasteiger partial charge in [-0.3, -0.25) is 9.59 Å². The second kappa shape index (κ2) is 7.81. The summed E-state index contributed by atoms with van der Waals surface area (Å²) in [7, 11) is 0. The highest BCUT2D eigenvalue weighted by Crippen LogP contribution is 2.25. The predicted molar refractivity (Wildman–Crippen MR) is 99.3 cm³/mol. The lowest BCUT2D eigenvalue weighted by Gasteiger charge is -2.26. The van der Waals surface area contributed by atoms with E-state index in [9.17, 15) is 9.59 Å². The Morgan fingerprint density at radius 3 is 2.62 bits per heavy atom. The lowest BCUT2D eigenvalue weighted by Crippen LogP contribution is -2.47. The first kappa shape index (κ1) is 17.6. The van der Waals surface area contributed by atoms with Crippen LogP contribution in [0.1, 0.15) is 18.4 Å². The number of hydrogen-bond acceptors (Lipinski definition) is 3. The van der Waals surface area contributed by atoms with Gasteiger partial charge in [0.05, 0.1) is 15.9 Å². The maximum absolute atomic E-state index is 12.6. The highest BCUT2D eigenvalue weighted by atomic mass is 35.5. The average Bonchev–Trinajstić information content (AvgIpc) is 3.26. The molecule has 2 heterocycles. The van der Waals surface area contributed by atoms with E-state index in [-0.39, 0.29) is 17.9 Å². The van der Waals surface area contributed by atoms with Crippen molar-refractivity contribution >= 4 is 52.9 Å². The predicted octanol–water partition coefficient (Wildman–Crippen LogP) is 3.53. The van der Waals surface area contributed by atoms with Gasteiger partial charge < -0.3 is 9.80 Å². The zero-order valence-corrected chi connectivity index (χ0v) is 15.4. The Labute approximate surface area is 155 Å². The first-order chi connectivity index (χ1) is 11.6. The molecule has 0 radical (unpaired) electrons. The summed E-state index contributed by atoms with van der Waals surface area (Å²) in [6, 6.07) is 4.85. The number of rotatable bonds is 3. The molecule has 1 unspecified atom stereocenters. The van der Waals surface area contributed by atoms with E-state index in [1.165, 1.54) is 6.08 Å². The molecule has 1 aromatic carbocycles. The normalized spacial score (nSPS) is 21.0. The molecule has 1 aromatic rings. The fourth-order valence-corrected chi connectivity index (χ4v) is 4.35. The Hall–Kier alpha value is -1.17. The molecule has 0 saturated carbocycles. The molecular formula is C17H18Cl2N2O2S. The van der Waals surface area contributed by atoms with Crippen molar-refractivity contribution in [2.75, 3.05) is 24.7 Å². The van der Waals surface area contributed by atoms with Gasteiger partial charge in [0.1, 0.15) is 6.04 Å². The first-order valence-electron chi connectivity index (χ1n) is 7.86. The third kappa shape index (κ3) is 3.90. The van der Waals surface area contributed by atoms with E-state index >= 15 is 0 Å². The van der Waals surface area contributed by atoms with Crippen LogP contribution in [0.4, 0.5) is 0 Å². The molecule has 128 valence electrons. The Morgan fingerprint density at radius 2 is 1.92 bits per heavy atom. The molecule has 4 nitrogen and oxygen atoms in total. The Morgan fingerprint density at radius 1 is 1.17 bits per heavy atom. The summed E-state index contributed by atoms with van der Waals surface area (Å²) in [4.78, 5) is 28.6. The molecule has 0 aromatic heterocycles. The second-order valence-corrected chi connectivity index (χ2v) is 7.68. The number of carbonyl (C=O) groups excluding carboxylic acids is 2. The summed E-state index contributed by atoms with van der Waals surface area (Å²) in [5.74, 6) is 1.15. The number of carbonyl (C=O) groups is 2. The van der Waals surface area contributed by atoms with Crippen molar-refractivity contribution in [1.29, 1.82) is 0 Å². The van der Waals surface area contributed by atoms with Crippen molar-refractivity contribution in [3.8, 4) is 0 Å². The van der Waals surface area contributed by atoms with Crippen molar-refractivity contribution in [3.05, 3.63) is 39.9 Å². The maximum Gasteiger partial charge on any atom is 0.247 e. The van der Waals surface area contributed by atoms with Crippen molar-refractivity contribution in [3.63, 3.8) is 0 Å². The van der Waals surface area contributed by atoms with E-state index in [2.05, 4.69) is 0 Å². The average molecular weight is 385 g/mol. The Balaban J connectivity index is 1.67. The van der Waals surface area contributed by atoms with Crippen LogP contribution in [0.15, 0.2) is 24.3 Å². The molecule has 3 rings (SSSR count). The van der Waals surface area contributed by atoms with Crippen LogP contribution < -0.4 is 0 Å². The zero-order valence-electron chi connectivity index (χ0n) is 13.1. The summed E-state index contributed by atoms with van der Waals surface area (Å²) in [6.45, 7) is 1.61. The van der Waals surface area contributed by atoms with Crippen molar-refractivity contribution < 1.29 is 9.59 Å². The molecular weight excluding hydrogens is 367 g/mol. The number of thioether (sulfide) groups is 1. The molecule has 2 aliphatic heterocycles. The number of amides is 2. The van der Waals surface area contributed by atoms with E-state index in [1.807, 2.05) is 4.90 Å². The second-order valence-electron chi connectivity index (χ2n) is 5.86. The quantitative estimate of drug-likeness (QED) is 0.748. The zero-order chi connectivity index (χ0) is 17.1. The third-order valence-corrected chi connectivity index (χ3v) is 5.98. The fourth-order valence-electron chi connectivity index (χ4n) is 2.89. The van der Waals surface area contributed by atoms with Gasteiger partial charge >= 0.3 is 0 Å². The van der Waals surface area contributed by atoms with E-state index in [1.54, 1.807) is 40.9 Å². The molecule has 7 heteroatoms. The van der Waals surface area contributed by atoms with Gasteiger partial charge in [0.15, 0.2) is 0 Å². The largest absolute Gasteiger partial charge is 0.341 e. The molecule has 0 bridgehead atoms. The summed E-state index contributed by atoms with van der Waals surface area (Å²) < 4.78 is 0. The van der Waals surface area contributed by atoms with Crippen LogP contribution in [0.3, 0.4) is 0 Å². The summed E-state index contributed by atoms with van der Waals surface area (Å²) in [5.41, 5.74) is 0.798. The van der Waals surface area contributed by atoms with Gasteiger partial charge in [-0.2, -0.15) is 0 Å². The molecule has 2 amide bonds. The molecule has 2 aliphatic rings. The van der Waals surface area contributed by atoms with Crippen LogP contribution in [0.2, 0.25) is 10.0 Å². The van der Waals surface area contributed by atoms with Crippen LogP contribution in [-0.2, 0) is 9.59 Å². The lowest BCUT2D eigenvalue weighted by molar-refractivity contribution is -0.140. The van der Waals surface area contributed by atoms with Crippen molar-refractivity contribution in [1.82, 2.24) is 9.80 Å². The van der Waals surface area contributed by atoms with E-state index in [0.717, 1.165) is 31.5 Å². The van der Waals surface area contributed by atoms with E-state index in [4.69, 9.17) is 23.2 Å². The van der Waals surface area contributed by atoms with Gasteiger partial charge in [0.2, 0.25) is 11.8 Å². The standard InChI is InChI=1S/C17H18Cl2N2O2S/c18-13-5-3-12(9-14(13)19)4-6-16(22)21-11-24-10-15(21)17(23)20-7-1-2-8-20/h3-6,9,15H,1-2,7-8,10-11H2. The third-order valence-electron chi connectivity index (χ3n) is 4.23. The number of benzene rings is 1. The topological polar surface area (TPSA) is 40.6 Å². The summed E-state index contributed by atoms with van der Waals surface area (Å²) in [5, 5.41) is 0.928. The van der Waals surface area contributed by atoms with Crippen LogP contribution >= 0.6 is 35.0 Å². The number of likely N-dealkylation sites (tertiary alicyclic amines) is 1. The summed E-state index contributed by atoms with van der Waals surface area (Å²) in [6.07, 6.45) is 5.30. The minimum absolute atomic E-state index is 0.0776. The SMILES string of the molecule is O=C(C1CSCN1C(=O)C=Cc1ccc(Cl)c(Cl)c1)N1CCCC1. The minimum atomic E-state index is -0.348. The van der Waals surface area contributed by atoms with E-state index < -0.39 is 0 Å². The number of nitrogens with zero attached hydrogens (tertiary/aromatic N) is 2. The maximum atomic E-state index is 12.6. The molecule has 1 atom stereocenters. The Bertz CT molecular complexity index is 675. The molecule has 2 fully saturated rings. The van der Waals surface area contributed by atoms with Gasteiger partial charge in [-0.25, -0.2) is 0 Å². The first-order valence-corrected chi connectivity index (χ1v) is 9.77. The van der Waals surface area contributed by atoms with Crippen molar-refractivity contribution in [2.24, 2.45) is 0 Å². The van der Waals surface area contributed by atoms with Gasteiger partial charge in [-0.15, -0.1) is 11.8 Å². The summed E-state index contributed by atoms with van der Waals surface area (Å²) >= 11 is 13.5. The molecule has 2 saturated heterocycles. The Kier molecular flexibility index (Phi) is 5.74. The fraction of sp³-hybridized carbons (Fsp3) is 0.412. The highest BCUT2D eigenvalue weighted by molar-refractivity contribution is 7.99. The minimum Gasteiger partial charge on any atom is -0.341 e. The monoisotopic (exact) mass is 384 g/mol. The van der Waals surface area contributed by atoms with Gasteiger partial charge in [-0.1, -0.05) is 29.3 Å². The smallest absolute Gasteiger partial charge is 0.247 e. The highest BCUT2D eigenvalue weighted by Gasteiger charge is 2.36. The molecule has 0 N–H and O–H groups in total. The van der Waals surface area contributed by atoms with Crippen LogP contribution in [0, 0.1) is 0 Å². The van der Waals surface area contributed by atoms with Crippen LogP contribution in [-0.4, -0.2) is 52.4 Å². The lowest BCUT2D eigenvalue weighted by atomic mass is 10.2. The van der Waals surface area contributed by atoms with Gasteiger partial charge in [-0.05, 0) is 36.6 Å². The van der Waals surface area contributed by atoms with Crippen LogP contribution in [0.5, 0.6) is 0 Å². The number of hydrogen-bond donors (Lipinski definition) is 0. The molecule has 0 aliphatic carbocycles. The number of halogens is 2. The van der Waals surface area contributed by atoms with Crippen molar-refractivity contribution in [2.45, 2.75) is 18.9 Å².